The summed E-state index contributed by atoms with van der Waals surface area (Å²) < 4.78 is 5.49. The maximum Gasteiger partial charge on any atom is 0.0561 e. The van der Waals surface area contributed by atoms with Crippen LogP contribution in [-0.4, -0.2) is 36.5 Å². The number of nitrogens with one attached hydrogen (secondary N) is 1. The number of aliphatic hydroxyl groups excluding tert-OH is 1. The molecule has 1 heterocycles. The standard InChI is InChI=1S/C11H23NO2/c1-8(7-13)10(3)12-11-4-5-14-9(2)6-11/h8-13H,4-7H2,1-3H3. The predicted molar refractivity (Wildman–Crippen MR) is 57.3 cm³/mol. The number of hydrogen-bond donors (Lipinski definition) is 2. The molecule has 1 rings (SSSR count). The Bertz CT molecular complexity index is 163. The molecule has 0 amide bonds. The highest BCUT2D eigenvalue weighted by Crippen LogP contribution is 2.15. The van der Waals surface area contributed by atoms with E-state index in [1.165, 1.54) is 0 Å². The lowest BCUT2D eigenvalue weighted by Crippen LogP contribution is -2.45. The Morgan fingerprint density at radius 3 is 2.79 bits per heavy atom. The van der Waals surface area contributed by atoms with E-state index in [0.29, 0.717) is 24.1 Å². The van der Waals surface area contributed by atoms with Gasteiger partial charge in [-0.3, -0.25) is 0 Å². The lowest BCUT2D eigenvalue weighted by Gasteiger charge is -2.32. The largest absolute Gasteiger partial charge is 0.396 e. The van der Waals surface area contributed by atoms with E-state index in [1.54, 1.807) is 0 Å². The minimum absolute atomic E-state index is 0.257. The molecule has 0 aromatic heterocycles. The molecule has 0 bridgehead atoms. The Hall–Kier alpha value is -0.120. The summed E-state index contributed by atoms with van der Waals surface area (Å²) in [5.74, 6) is 0.327. The average Bonchev–Trinajstić information content (AvgIpc) is 2.16. The summed E-state index contributed by atoms with van der Waals surface area (Å²) in [5, 5.41) is 12.6. The van der Waals surface area contributed by atoms with Crippen molar-refractivity contribution in [2.45, 2.75) is 51.8 Å². The normalized spacial score (nSPS) is 32.6. The van der Waals surface area contributed by atoms with Gasteiger partial charge in [-0.05, 0) is 32.6 Å². The van der Waals surface area contributed by atoms with Crippen molar-refractivity contribution < 1.29 is 9.84 Å². The number of rotatable bonds is 4. The van der Waals surface area contributed by atoms with Gasteiger partial charge in [0.2, 0.25) is 0 Å². The fraction of sp³-hybridized carbons (Fsp3) is 1.00. The average molecular weight is 201 g/mol. The van der Waals surface area contributed by atoms with E-state index in [9.17, 15) is 0 Å². The van der Waals surface area contributed by atoms with Crippen LogP contribution in [-0.2, 0) is 4.74 Å². The molecule has 1 aliphatic heterocycles. The summed E-state index contributed by atoms with van der Waals surface area (Å²) in [6, 6.07) is 0.943. The van der Waals surface area contributed by atoms with Crippen LogP contribution in [0.1, 0.15) is 33.6 Å². The summed E-state index contributed by atoms with van der Waals surface area (Å²) >= 11 is 0. The summed E-state index contributed by atoms with van der Waals surface area (Å²) in [6.07, 6.45) is 2.55. The van der Waals surface area contributed by atoms with Crippen LogP contribution in [0.4, 0.5) is 0 Å². The molecule has 14 heavy (non-hydrogen) atoms. The smallest absolute Gasteiger partial charge is 0.0561 e. The van der Waals surface area contributed by atoms with Crippen LogP contribution in [0.2, 0.25) is 0 Å². The van der Waals surface area contributed by atoms with Gasteiger partial charge in [-0.2, -0.15) is 0 Å². The van der Waals surface area contributed by atoms with E-state index in [1.807, 2.05) is 0 Å². The molecule has 4 unspecified atom stereocenters. The third-order valence-corrected chi connectivity index (χ3v) is 3.13. The third kappa shape index (κ3) is 3.56. The fourth-order valence-corrected chi connectivity index (χ4v) is 1.84. The van der Waals surface area contributed by atoms with Crippen molar-refractivity contribution in [3.8, 4) is 0 Å². The zero-order valence-electron chi connectivity index (χ0n) is 9.49. The van der Waals surface area contributed by atoms with Gasteiger partial charge in [-0.25, -0.2) is 0 Å². The Kier molecular flexibility index (Phi) is 4.85. The van der Waals surface area contributed by atoms with Crippen LogP contribution in [0, 0.1) is 5.92 Å². The minimum Gasteiger partial charge on any atom is -0.396 e. The first kappa shape index (κ1) is 12.0. The van der Waals surface area contributed by atoms with Crippen molar-refractivity contribution in [3.05, 3.63) is 0 Å². The van der Waals surface area contributed by atoms with E-state index in [-0.39, 0.29) is 6.61 Å². The molecule has 3 nitrogen and oxygen atoms in total. The van der Waals surface area contributed by atoms with Gasteiger partial charge in [-0.15, -0.1) is 0 Å². The summed E-state index contributed by atoms with van der Waals surface area (Å²) in [7, 11) is 0. The van der Waals surface area contributed by atoms with E-state index in [0.717, 1.165) is 19.4 Å². The van der Waals surface area contributed by atoms with E-state index < -0.39 is 0 Å². The maximum absolute atomic E-state index is 9.02. The van der Waals surface area contributed by atoms with Crippen molar-refractivity contribution in [3.63, 3.8) is 0 Å². The van der Waals surface area contributed by atoms with Crippen molar-refractivity contribution in [2.75, 3.05) is 13.2 Å². The molecular weight excluding hydrogens is 178 g/mol. The van der Waals surface area contributed by atoms with Crippen molar-refractivity contribution in [1.29, 1.82) is 0 Å². The Morgan fingerprint density at radius 2 is 2.21 bits per heavy atom. The zero-order valence-corrected chi connectivity index (χ0v) is 9.49. The van der Waals surface area contributed by atoms with Gasteiger partial charge < -0.3 is 15.2 Å². The summed E-state index contributed by atoms with van der Waals surface area (Å²) in [4.78, 5) is 0. The van der Waals surface area contributed by atoms with Crippen LogP contribution >= 0.6 is 0 Å². The molecule has 0 radical (unpaired) electrons. The molecule has 1 saturated heterocycles. The monoisotopic (exact) mass is 201 g/mol. The Balaban J connectivity index is 2.28. The Morgan fingerprint density at radius 1 is 1.50 bits per heavy atom. The molecule has 0 aromatic rings. The molecule has 0 spiro atoms. The van der Waals surface area contributed by atoms with Crippen molar-refractivity contribution in [1.82, 2.24) is 5.32 Å². The predicted octanol–water partition coefficient (Wildman–Crippen LogP) is 1.16. The molecule has 3 heteroatoms. The van der Waals surface area contributed by atoms with E-state index in [4.69, 9.17) is 9.84 Å². The van der Waals surface area contributed by atoms with Crippen LogP contribution in [0.5, 0.6) is 0 Å². The van der Waals surface area contributed by atoms with Gasteiger partial charge in [0.15, 0.2) is 0 Å². The molecule has 84 valence electrons. The number of ether oxygens (including phenoxy) is 1. The molecule has 2 N–H and O–H groups in total. The molecule has 0 saturated carbocycles. The zero-order chi connectivity index (χ0) is 10.6. The maximum atomic E-state index is 9.02. The molecule has 1 fully saturated rings. The molecule has 0 aliphatic carbocycles. The van der Waals surface area contributed by atoms with Crippen LogP contribution in [0.25, 0.3) is 0 Å². The first-order valence-corrected chi connectivity index (χ1v) is 5.62. The van der Waals surface area contributed by atoms with Gasteiger partial charge in [0.1, 0.15) is 0 Å². The summed E-state index contributed by atoms with van der Waals surface area (Å²) in [5.41, 5.74) is 0. The third-order valence-electron chi connectivity index (χ3n) is 3.13. The van der Waals surface area contributed by atoms with Crippen molar-refractivity contribution >= 4 is 0 Å². The van der Waals surface area contributed by atoms with Gasteiger partial charge in [0.25, 0.3) is 0 Å². The fourth-order valence-electron chi connectivity index (χ4n) is 1.84. The van der Waals surface area contributed by atoms with Crippen molar-refractivity contribution in [2.24, 2.45) is 5.92 Å². The van der Waals surface area contributed by atoms with E-state index in [2.05, 4.69) is 26.1 Å². The second-order valence-corrected chi connectivity index (χ2v) is 4.52. The SMILES string of the molecule is CC1CC(NC(C)C(C)CO)CCO1. The number of aliphatic hydroxyl groups is 1. The Labute approximate surface area is 86.8 Å². The molecule has 1 aliphatic rings. The lowest BCUT2D eigenvalue weighted by atomic mass is 9.99. The quantitative estimate of drug-likeness (QED) is 0.717. The molecule has 0 aromatic carbocycles. The highest BCUT2D eigenvalue weighted by atomic mass is 16.5. The van der Waals surface area contributed by atoms with E-state index >= 15 is 0 Å². The van der Waals surface area contributed by atoms with Gasteiger partial charge in [-0.1, -0.05) is 6.92 Å². The first-order valence-electron chi connectivity index (χ1n) is 5.62. The van der Waals surface area contributed by atoms with Gasteiger partial charge >= 0.3 is 0 Å². The van der Waals surface area contributed by atoms with Crippen LogP contribution in [0.3, 0.4) is 0 Å². The second-order valence-electron chi connectivity index (χ2n) is 4.52. The number of hydrogen-bond acceptors (Lipinski definition) is 3. The van der Waals surface area contributed by atoms with Crippen LogP contribution < -0.4 is 5.32 Å². The lowest BCUT2D eigenvalue weighted by molar-refractivity contribution is 0.00968. The second kappa shape index (κ2) is 5.69. The molecule has 4 atom stereocenters. The van der Waals surface area contributed by atoms with Crippen LogP contribution in [0.15, 0.2) is 0 Å². The van der Waals surface area contributed by atoms with Gasteiger partial charge in [0, 0.05) is 25.3 Å². The first-order chi connectivity index (χ1) is 6.63. The topological polar surface area (TPSA) is 41.5 Å². The summed E-state index contributed by atoms with van der Waals surface area (Å²) in [6.45, 7) is 7.45. The van der Waals surface area contributed by atoms with Gasteiger partial charge in [0.05, 0.1) is 6.10 Å². The highest BCUT2D eigenvalue weighted by Gasteiger charge is 2.22. The highest BCUT2D eigenvalue weighted by molar-refractivity contribution is 4.79. The minimum atomic E-state index is 0.257. The molecular formula is C11H23NO2.